The monoisotopic (exact) mass is 454 g/mol. The van der Waals surface area contributed by atoms with Gasteiger partial charge in [-0.15, -0.1) is 5.10 Å². The molecular weight excluding hydrogens is 424 g/mol. The van der Waals surface area contributed by atoms with Crippen molar-refractivity contribution in [1.29, 1.82) is 0 Å². The number of hydrogen-bond acceptors (Lipinski definition) is 7. The first-order chi connectivity index (χ1) is 15.5. The van der Waals surface area contributed by atoms with E-state index in [4.69, 9.17) is 4.74 Å². The highest BCUT2D eigenvalue weighted by molar-refractivity contribution is 7.98. The summed E-state index contributed by atoms with van der Waals surface area (Å²) in [7, 11) is 0. The zero-order chi connectivity index (χ0) is 22.7. The molecule has 3 heterocycles. The molecule has 170 valence electrons. The third-order valence-electron chi connectivity index (χ3n) is 5.99. The first-order valence-corrected chi connectivity index (χ1v) is 12.1. The predicted molar refractivity (Wildman–Crippen MR) is 125 cm³/mol. The molecule has 1 aromatic carbocycles. The van der Waals surface area contributed by atoms with Crippen molar-refractivity contribution in [3.8, 4) is 0 Å². The van der Waals surface area contributed by atoms with Crippen molar-refractivity contribution in [3.05, 3.63) is 52.3 Å². The second-order valence-corrected chi connectivity index (χ2v) is 8.90. The SMILES string of the molecule is CSc1nc2nc(C)c(CC(=O)NCC(c3ccc(C)cc3)N3CCOCC3)c(C)n2n1. The number of rotatable bonds is 7. The van der Waals surface area contributed by atoms with Gasteiger partial charge in [0.25, 0.3) is 5.78 Å². The van der Waals surface area contributed by atoms with Gasteiger partial charge in [-0.3, -0.25) is 9.69 Å². The summed E-state index contributed by atoms with van der Waals surface area (Å²) in [6.45, 7) is 9.68. The minimum Gasteiger partial charge on any atom is -0.379 e. The van der Waals surface area contributed by atoms with Crippen LogP contribution >= 0.6 is 11.8 Å². The lowest BCUT2D eigenvalue weighted by Gasteiger charge is -2.35. The summed E-state index contributed by atoms with van der Waals surface area (Å²) in [5.41, 5.74) is 5.04. The van der Waals surface area contributed by atoms with Crippen molar-refractivity contribution in [2.75, 3.05) is 39.1 Å². The Morgan fingerprint density at radius 3 is 2.56 bits per heavy atom. The van der Waals surface area contributed by atoms with Crippen LogP contribution in [0.25, 0.3) is 5.78 Å². The van der Waals surface area contributed by atoms with Crippen molar-refractivity contribution in [3.63, 3.8) is 0 Å². The number of thioether (sulfide) groups is 1. The molecule has 32 heavy (non-hydrogen) atoms. The fourth-order valence-electron chi connectivity index (χ4n) is 4.10. The van der Waals surface area contributed by atoms with E-state index in [1.807, 2.05) is 20.1 Å². The fourth-order valence-corrected chi connectivity index (χ4v) is 4.44. The van der Waals surface area contributed by atoms with Gasteiger partial charge in [-0.1, -0.05) is 41.6 Å². The van der Waals surface area contributed by atoms with Gasteiger partial charge in [-0.05, 0) is 32.6 Å². The molecular formula is C23H30N6O2S. The minimum absolute atomic E-state index is 0.0204. The average molecular weight is 455 g/mol. The van der Waals surface area contributed by atoms with E-state index in [9.17, 15) is 4.79 Å². The molecule has 9 heteroatoms. The van der Waals surface area contributed by atoms with Crippen LogP contribution in [0.3, 0.4) is 0 Å². The third-order valence-corrected chi connectivity index (χ3v) is 6.53. The summed E-state index contributed by atoms with van der Waals surface area (Å²) in [6.07, 6.45) is 2.20. The van der Waals surface area contributed by atoms with Gasteiger partial charge in [0, 0.05) is 36.6 Å². The normalized spacial score (nSPS) is 15.8. The number of morpholine rings is 1. The summed E-state index contributed by atoms with van der Waals surface area (Å²) < 4.78 is 7.26. The molecule has 4 rings (SSSR count). The van der Waals surface area contributed by atoms with Crippen molar-refractivity contribution in [2.45, 2.75) is 38.4 Å². The standard InChI is InChI=1S/C23H30N6O2S/c1-15-5-7-18(8-6-15)20(28-9-11-31-12-10-28)14-24-21(30)13-19-16(2)25-22-26-23(32-4)27-29(22)17(19)3/h5-8,20H,9-14H2,1-4H3,(H,24,30). The highest BCUT2D eigenvalue weighted by Gasteiger charge is 2.24. The van der Waals surface area contributed by atoms with Gasteiger partial charge in [-0.25, -0.2) is 9.50 Å². The summed E-state index contributed by atoms with van der Waals surface area (Å²) >= 11 is 1.48. The van der Waals surface area contributed by atoms with Gasteiger partial charge in [0.05, 0.1) is 25.7 Å². The lowest BCUT2D eigenvalue weighted by molar-refractivity contribution is -0.120. The minimum atomic E-state index is -0.0204. The number of aromatic nitrogens is 4. The zero-order valence-corrected chi connectivity index (χ0v) is 19.9. The molecule has 1 atom stereocenters. The van der Waals surface area contributed by atoms with Gasteiger partial charge >= 0.3 is 0 Å². The van der Waals surface area contributed by atoms with Gasteiger partial charge in [0.15, 0.2) is 0 Å². The first-order valence-electron chi connectivity index (χ1n) is 10.9. The predicted octanol–water partition coefficient (Wildman–Crippen LogP) is 2.50. The van der Waals surface area contributed by atoms with Crippen molar-refractivity contribution >= 4 is 23.4 Å². The number of hydrogen-bond donors (Lipinski definition) is 1. The molecule has 1 saturated heterocycles. The molecule has 0 spiro atoms. The molecule has 0 bridgehead atoms. The van der Waals surface area contributed by atoms with Gasteiger partial charge in [0.1, 0.15) is 0 Å². The van der Waals surface area contributed by atoms with Crippen LogP contribution in [-0.4, -0.2) is 69.5 Å². The molecule has 0 aliphatic carbocycles. The molecule has 8 nitrogen and oxygen atoms in total. The first kappa shape index (κ1) is 22.7. The van der Waals surface area contributed by atoms with Crippen molar-refractivity contribution in [2.24, 2.45) is 0 Å². The molecule has 1 aliphatic rings. The van der Waals surface area contributed by atoms with Crippen molar-refractivity contribution in [1.82, 2.24) is 29.8 Å². The van der Waals surface area contributed by atoms with E-state index in [0.29, 0.717) is 17.5 Å². The second-order valence-electron chi connectivity index (χ2n) is 8.13. The number of ether oxygens (including phenoxy) is 1. The Kier molecular flexibility index (Phi) is 7.07. The van der Waals surface area contributed by atoms with Gasteiger partial charge in [0.2, 0.25) is 11.1 Å². The largest absolute Gasteiger partial charge is 0.379 e. The van der Waals surface area contributed by atoms with Crippen LogP contribution in [0.5, 0.6) is 0 Å². The molecule has 1 fully saturated rings. The molecule has 1 amide bonds. The number of carbonyl (C=O) groups is 1. The van der Waals surface area contributed by atoms with Crippen LogP contribution in [0.1, 0.15) is 34.1 Å². The molecule has 1 aliphatic heterocycles. The highest BCUT2D eigenvalue weighted by atomic mass is 32.2. The Hall–Kier alpha value is -2.49. The van der Waals surface area contributed by atoms with Crippen LogP contribution in [0.2, 0.25) is 0 Å². The summed E-state index contributed by atoms with van der Waals surface area (Å²) in [6, 6.07) is 8.67. The maximum absolute atomic E-state index is 13.0. The fraction of sp³-hybridized carbons (Fsp3) is 0.478. The average Bonchev–Trinajstić information content (AvgIpc) is 3.22. The van der Waals surface area contributed by atoms with E-state index < -0.39 is 0 Å². The van der Waals surface area contributed by atoms with Crippen LogP contribution in [-0.2, 0) is 16.0 Å². The number of nitrogens with one attached hydrogen (secondary N) is 1. The number of nitrogens with zero attached hydrogens (tertiary/aromatic N) is 5. The lowest BCUT2D eigenvalue weighted by Crippen LogP contribution is -2.44. The molecule has 0 saturated carbocycles. The van der Waals surface area contributed by atoms with Gasteiger partial charge in [-0.2, -0.15) is 4.98 Å². The highest BCUT2D eigenvalue weighted by Crippen LogP contribution is 2.22. The number of amides is 1. The molecule has 3 aromatic rings. The number of fused-ring (bicyclic) bond motifs is 1. The maximum atomic E-state index is 13.0. The van der Waals surface area contributed by atoms with Crippen LogP contribution in [0.4, 0.5) is 0 Å². The Balaban J connectivity index is 1.49. The second kappa shape index (κ2) is 9.97. The Morgan fingerprint density at radius 1 is 1.16 bits per heavy atom. The Bertz CT molecular complexity index is 1090. The lowest BCUT2D eigenvalue weighted by atomic mass is 10.0. The molecule has 2 aromatic heterocycles. The molecule has 1 N–H and O–H groups in total. The maximum Gasteiger partial charge on any atom is 0.253 e. The van der Waals surface area contributed by atoms with Gasteiger partial charge < -0.3 is 10.1 Å². The van der Waals surface area contributed by atoms with Crippen LogP contribution in [0, 0.1) is 20.8 Å². The zero-order valence-electron chi connectivity index (χ0n) is 19.1. The van der Waals surface area contributed by atoms with Crippen molar-refractivity contribution < 1.29 is 9.53 Å². The van der Waals surface area contributed by atoms with Crippen LogP contribution in [0.15, 0.2) is 29.4 Å². The van der Waals surface area contributed by atoms with E-state index in [2.05, 4.69) is 56.5 Å². The van der Waals surface area contributed by atoms with Crippen LogP contribution < -0.4 is 5.32 Å². The molecule has 1 unspecified atom stereocenters. The van der Waals surface area contributed by atoms with E-state index in [1.165, 1.54) is 22.9 Å². The summed E-state index contributed by atoms with van der Waals surface area (Å²) in [4.78, 5) is 24.3. The summed E-state index contributed by atoms with van der Waals surface area (Å²) in [5, 5.41) is 8.31. The Morgan fingerprint density at radius 2 is 1.88 bits per heavy atom. The number of aryl methyl sites for hydroxylation is 3. The Labute approximate surface area is 192 Å². The topological polar surface area (TPSA) is 84.7 Å². The third kappa shape index (κ3) is 4.95. The number of benzene rings is 1. The van der Waals surface area contributed by atoms with E-state index in [1.54, 1.807) is 4.52 Å². The number of carbonyl (C=O) groups excluding carboxylic acids is 1. The molecule has 0 radical (unpaired) electrons. The van der Waals surface area contributed by atoms with E-state index >= 15 is 0 Å². The van der Waals surface area contributed by atoms with E-state index in [0.717, 1.165) is 43.3 Å². The van der Waals surface area contributed by atoms with E-state index in [-0.39, 0.29) is 18.4 Å². The quantitative estimate of drug-likeness (QED) is 0.549. The smallest absolute Gasteiger partial charge is 0.253 e. The summed E-state index contributed by atoms with van der Waals surface area (Å²) in [5.74, 6) is 0.549.